The predicted molar refractivity (Wildman–Crippen MR) is 68.4 cm³/mol. The van der Waals surface area contributed by atoms with E-state index in [9.17, 15) is 0 Å². The summed E-state index contributed by atoms with van der Waals surface area (Å²) in [5.74, 6) is 2.41. The second-order valence-electron chi connectivity index (χ2n) is 5.04. The number of aromatic nitrogens is 3. The second kappa shape index (κ2) is 5.24. The van der Waals surface area contributed by atoms with Crippen molar-refractivity contribution in [3.05, 3.63) is 5.82 Å². The van der Waals surface area contributed by atoms with Crippen molar-refractivity contribution < 1.29 is 4.74 Å². The van der Waals surface area contributed by atoms with Gasteiger partial charge >= 0.3 is 0 Å². The molecule has 1 aromatic heterocycles. The third kappa shape index (κ3) is 2.22. The van der Waals surface area contributed by atoms with Crippen LogP contribution in [0.2, 0.25) is 0 Å². The number of hydrogen-bond donors (Lipinski definition) is 2. The quantitative estimate of drug-likeness (QED) is 0.817. The van der Waals surface area contributed by atoms with Crippen molar-refractivity contribution in [2.75, 3.05) is 31.1 Å². The molecule has 3 heterocycles. The molecular formula is C12H21N5O. The zero-order valence-corrected chi connectivity index (χ0v) is 10.9. The van der Waals surface area contributed by atoms with Crippen molar-refractivity contribution >= 4 is 5.95 Å². The second-order valence-corrected chi connectivity index (χ2v) is 5.04. The molecule has 2 fully saturated rings. The summed E-state index contributed by atoms with van der Waals surface area (Å²) in [7, 11) is 0. The summed E-state index contributed by atoms with van der Waals surface area (Å²) in [5.41, 5.74) is 0. The first-order valence-corrected chi connectivity index (χ1v) is 6.85. The molecule has 0 aliphatic carbocycles. The minimum Gasteiger partial charge on any atom is -0.374 e. The van der Waals surface area contributed by atoms with Gasteiger partial charge in [-0.25, -0.2) is 0 Å². The summed E-state index contributed by atoms with van der Waals surface area (Å²) in [6.07, 6.45) is 2.56. The van der Waals surface area contributed by atoms with Gasteiger partial charge in [0.15, 0.2) is 5.82 Å². The third-order valence-corrected chi connectivity index (χ3v) is 3.90. The van der Waals surface area contributed by atoms with E-state index in [1.165, 1.54) is 12.8 Å². The van der Waals surface area contributed by atoms with Gasteiger partial charge in [0, 0.05) is 32.3 Å². The van der Waals surface area contributed by atoms with Crippen LogP contribution in [-0.4, -0.2) is 47.5 Å². The van der Waals surface area contributed by atoms with Gasteiger partial charge in [0.2, 0.25) is 5.95 Å². The van der Waals surface area contributed by atoms with Gasteiger partial charge in [-0.05, 0) is 25.7 Å². The fourth-order valence-electron chi connectivity index (χ4n) is 2.99. The summed E-state index contributed by atoms with van der Waals surface area (Å²) in [5, 5.41) is 10.8. The van der Waals surface area contributed by atoms with Gasteiger partial charge in [-0.15, -0.1) is 5.10 Å². The molecule has 0 aromatic carbocycles. The number of rotatable bonds is 4. The van der Waals surface area contributed by atoms with Crippen LogP contribution in [0.3, 0.4) is 0 Å². The maximum absolute atomic E-state index is 5.34. The number of ether oxygens (including phenoxy) is 1. The molecule has 6 heteroatoms. The standard InChI is InChI=1S/C12H21N5O/c1-2-18-8-11-14-12(16-15-11)17-5-3-4-9-6-13-7-10(9)17/h9-10,13H,2-8H2,1H3,(H,14,15,16). The number of nitrogens with one attached hydrogen (secondary N) is 2. The lowest BCUT2D eigenvalue weighted by atomic mass is 9.92. The average Bonchev–Trinajstić information content (AvgIpc) is 3.04. The molecule has 2 atom stereocenters. The Balaban J connectivity index is 1.71. The van der Waals surface area contributed by atoms with Crippen LogP contribution in [0, 0.1) is 5.92 Å². The SMILES string of the molecule is CCOCc1nc(N2CCCC3CNCC32)n[nH]1. The van der Waals surface area contributed by atoms with Crippen LogP contribution in [-0.2, 0) is 11.3 Å². The Hall–Kier alpha value is -1.14. The predicted octanol–water partition coefficient (Wildman–Crippen LogP) is 0.529. The van der Waals surface area contributed by atoms with E-state index in [-0.39, 0.29) is 0 Å². The van der Waals surface area contributed by atoms with Gasteiger partial charge in [-0.3, -0.25) is 5.10 Å². The first kappa shape index (κ1) is 11.9. The Morgan fingerprint density at radius 2 is 2.39 bits per heavy atom. The summed E-state index contributed by atoms with van der Waals surface area (Å²) >= 11 is 0. The van der Waals surface area contributed by atoms with Crippen LogP contribution in [0.1, 0.15) is 25.6 Å². The Morgan fingerprint density at radius 1 is 1.44 bits per heavy atom. The first-order chi connectivity index (χ1) is 8.88. The van der Waals surface area contributed by atoms with Gasteiger partial charge in [0.05, 0.1) is 0 Å². The van der Waals surface area contributed by atoms with Gasteiger partial charge < -0.3 is 15.0 Å². The van der Waals surface area contributed by atoms with E-state index in [4.69, 9.17) is 4.74 Å². The Morgan fingerprint density at radius 3 is 3.28 bits per heavy atom. The van der Waals surface area contributed by atoms with Crippen molar-refractivity contribution in [2.45, 2.75) is 32.4 Å². The minimum absolute atomic E-state index is 0.518. The highest BCUT2D eigenvalue weighted by Crippen LogP contribution is 2.28. The average molecular weight is 251 g/mol. The maximum atomic E-state index is 5.34. The maximum Gasteiger partial charge on any atom is 0.245 e. The van der Waals surface area contributed by atoms with E-state index in [0.717, 1.165) is 37.3 Å². The van der Waals surface area contributed by atoms with Gasteiger partial charge in [-0.2, -0.15) is 4.98 Å². The van der Waals surface area contributed by atoms with Gasteiger partial charge in [0.25, 0.3) is 0 Å². The summed E-state index contributed by atoms with van der Waals surface area (Å²) < 4.78 is 5.34. The molecule has 3 rings (SSSR count). The van der Waals surface area contributed by atoms with Crippen LogP contribution >= 0.6 is 0 Å². The van der Waals surface area contributed by atoms with Crippen molar-refractivity contribution in [1.82, 2.24) is 20.5 Å². The molecule has 2 aliphatic heterocycles. The van der Waals surface area contributed by atoms with Crippen LogP contribution in [0.25, 0.3) is 0 Å². The Kier molecular flexibility index (Phi) is 3.47. The third-order valence-electron chi connectivity index (χ3n) is 3.90. The van der Waals surface area contributed by atoms with E-state index in [1.807, 2.05) is 6.92 Å². The van der Waals surface area contributed by atoms with Crippen molar-refractivity contribution in [1.29, 1.82) is 0 Å². The number of piperidine rings is 1. The number of nitrogens with zero attached hydrogens (tertiary/aromatic N) is 3. The molecule has 0 spiro atoms. The topological polar surface area (TPSA) is 66.1 Å². The molecule has 0 bridgehead atoms. The number of anilines is 1. The van der Waals surface area contributed by atoms with E-state index in [1.54, 1.807) is 0 Å². The molecule has 6 nitrogen and oxygen atoms in total. The zero-order valence-electron chi connectivity index (χ0n) is 10.9. The molecule has 0 radical (unpaired) electrons. The smallest absolute Gasteiger partial charge is 0.245 e. The molecule has 100 valence electrons. The van der Waals surface area contributed by atoms with E-state index in [2.05, 4.69) is 25.4 Å². The molecule has 2 saturated heterocycles. The number of H-pyrrole nitrogens is 1. The monoisotopic (exact) mass is 251 g/mol. The normalized spacial score (nSPS) is 27.5. The Labute approximate surface area is 107 Å². The number of aromatic amines is 1. The van der Waals surface area contributed by atoms with Crippen LogP contribution in [0.15, 0.2) is 0 Å². The van der Waals surface area contributed by atoms with Gasteiger partial charge in [-0.1, -0.05) is 0 Å². The fourth-order valence-corrected chi connectivity index (χ4v) is 2.99. The van der Waals surface area contributed by atoms with Crippen molar-refractivity contribution in [3.63, 3.8) is 0 Å². The molecular weight excluding hydrogens is 230 g/mol. The molecule has 0 amide bonds. The minimum atomic E-state index is 0.518. The van der Waals surface area contributed by atoms with E-state index in [0.29, 0.717) is 19.3 Å². The van der Waals surface area contributed by atoms with Gasteiger partial charge in [0.1, 0.15) is 6.61 Å². The number of fused-ring (bicyclic) bond motifs is 1. The molecule has 2 unspecified atom stereocenters. The number of hydrogen-bond acceptors (Lipinski definition) is 5. The lowest BCUT2D eigenvalue weighted by Crippen LogP contribution is -2.45. The largest absolute Gasteiger partial charge is 0.374 e. The van der Waals surface area contributed by atoms with Crippen LogP contribution in [0.4, 0.5) is 5.95 Å². The lowest BCUT2D eigenvalue weighted by Gasteiger charge is -2.36. The van der Waals surface area contributed by atoms with Crippen LogP contribution in [0.5, 0.6) is 0 Å². The van der Waals surface area contributed by atoms with E-state index < -0.39 is 0 Å². The fraction of sp³-hybridized carbons (Fsp3) is 0.833. The van der Waals surface area contributed by atoms with E-state index >= 15 is 0 Å². The van der Waals surface area contributed by atoms with Crippen molar-refractivity contribution in [3.8, 4) is 0 Å². The summed E-state index contributed by atoms with van der Waals surface area (Å²) in [6, 6.07) is 0.564. The highest BCUT2D eigenvalue weighted by Gasteiger charge is 2.36. The highest BCUT2D eigenvalue weighted by molar-refractivity contribution is 5.33. The highest BCUT2D eigenvalue weighted by atomic mass is 16.5. The molecule has 2 N–H and O–H groups in total. The first-order valence-electron chi connectivity index (χ1n) is 6.85. The summed E-state index contributed by atoms with van der Waals surface area (Å²) in [4.78, 5) is 6.89. The Bertz CT molecular complexity index is 394. The van der Waals surface area contributed by atoms with Crippen molar-refractivity contribution in [2.24, 2.45) is 5.92 Å². The molecule has 2 aliphatic rings. The molecule has 0 saturated carbocycles. The summed E-state index contributed by atoms with van der Waals surface area (Å²) in [6.45, 7) is 6.46. The molecule has 1 aromatic rings. The lowest BCUT2D eigenvalue weighted by molar-refractivity contribution is 0.128. The zero-order chi connectivity index (χ0) is 12.4. The molecule has 18 heavy (non-hydrogen) atoms. The van der Waals surface area contributed by atoms with Crippen LogP contribution < -0.4 is 10.2 Å².